The third-order valence-corrected chi connectivity index (χ3v) is 5.57. The number of nitrogens with zero attached hydrogens (tertiary/aromatic N) is 1. The zero-order chi connectivity index (χ0) is 14.4. The Balaban J connectivity index is 1.88. The molecule has 0 N–H and O–H groups in total. The minimum Gasteiger partial charge on any atom is -0.297 e. The number of hydrogen-bond donors (Lipinski definition) is 0. The van der Waals surface area contributed by atoms with Crippen LogP contribution in [0, 0.1) is 10.8 Å². The standard InChI is InChI=1S/C18H25NO/c1-17(2,3)18-9-11-19(12-10-18)15(16(18)20)13-14-7-5-4-6-8-14/h4-8,15H,9-13H2,1-3H3. The van der Waals surface area contributed by atoms with E-state index in [1.807, 2.05) is 6.07 Å². The van der Waals surface area contributed by atoms with Crippen LogP contribution in [-0.4, -0.2) is 29.8 Å². The van der Waals surface area contributed by atoms with Crippen molar-refractivity contribution in [1.29, 1.82) is 0 Å². The number of Topliss-reactive ketones (excluding diaryl/α,β-unsaturated/α-hetero) is 1. The van der Waals surface area contributed by atoms with Gasteiger partial charge in [-0.25, -0.2) is 0 Å². The Morgan fingerprint density at radius 1 is 1.15 bits per heavy atom. The maximum Gasteiger partial charge on any atom is 0.157 e. The molecule has 108 valence electrons. The van der Waals surface area contributed by atoms with Crippen LogP contribution >= 0.6 is 0 Å². The number of fused-ring (bicyclic) bond motifs is 3. The molecule has 3 fully saturated rings. The third-order valence-electron chi connectivity index (χ3n) is 5.57. The highest BCUT2D eigenvalue weighted by Gasteiger charge is 2.56. The van der Waals surface area contributed by atoms with Crippen LogP contribution in [-0.2, 0) is 11.2 Å². The van der Waals surface area contributed by atoms with Crippen LogP contribution in [0.2, 0.25) is 0 Å². The fourth-order valence-corrected chi connectivity index (χ4v) is 4.13. The van der Waals surface area contributed by atoms with Crippen LogP contribution in [0.15, 0.2) is 30.3 Å². The molecule has 4 rings (SSSR count). The van der Waals surface area contributed by atoms with Gasteiger partial charge in [0.15, 0.2) is 5.78 Å². The Labute approximate surface area is 122 Å². The molecule has 3 saturated heterocycles. The summed E-state index contributed by atoms with van der Waals surface area (Å²) in [6, 6.07) is 10.5. The summed E-state index contributed by atoms with van der Waals surface area (Å²) in [5.41, 5.74) is 1.26. The van der Waals surface area contributed by atoms with Gasteiger partial charge in [0.1, 0.15) is 0 Å². The van der Waals surface area contributed by atoms with E-state index in [1.165, 1.54) is 5.56 Å². The molecule has 3 aliphatic rings. The van der Waals surface area contributed by atoms with Crippen LogP contribution < -0.4 is 0 Å². The van der Waals surface area contributed by atoms with Gasteiger partial charge < -0.3 is 0 Å². The maximum atomic E-state index is 13.1. The van der Waals surface area contributed by atoms with Gasteiger partial charge in [0, 0.05) is 5.41 Å². The predicted molar refractivity (Wildman–Crippen MR) is 81.6 cm³/mol. The first-order chi connectivity index (χ1) is 9.44. The highest BCUT2D eigenvalue weighted by atomic mass is 16.1. The first-order valence-corrected chi connectivity index (χ1v) is 7.76. The number of carbonyl (C=O) groups is 1. The second-order valence-corrected chi connectivity index (χ2v) is 7.44. The van der Waals surface area contributed by atoms with Crippen LogP contribution in [0.25, 0.3) is 0 Å². The topological polar surface area (TPSA) is 20.3 Å². The van der Waals surface area contributed by atoms with E-state index in [0.717, 1.165) is 32.4 Å². The number of carbonyl (C=O) groups excluding carboxylic acids is 1. The van der Waals surface area contributed by atoms with Crippen molar-refractivity contribution in [3.63, 3.8) is 0 Å². The number of piperidine rings is 3. The molecule has 0 spiro atoms. The fourth-order valence-electron chi connectivity index (χ4n) is 4.13. The van der Waals surface area contributed by atoms with Crippen LogP contribution in [0.4, 0.5) is 0 Å². The molecule has 2 heteroatoms. The van der Waals surface area contributed by atoms with E-state index in [1.54, 1.807) is 0 Å². The molecule has 1 unspecified atom stereocenters. The first kappa shape index (κ1) is 13.8. The summed E-state index contributed by atoms with van der Waals surface area (Å²) in [5.74, 6) is 0.492. The summed E-state index contributed by atoms with van der Waals surface area (Å²) in [7, 11) is 0. The molecule has 2 nitrogen and oxygen atoms in total. The number of hydrogen-bond acceptors (Lipinski definition) is 2. The van der Waals surface area contributed by atoms with Crippen molar-refractivity contribution in [1.82, 2.24) is 4.90 Å². The van der Waals surface area contributed by atoms with Crippen molar-refractivity contribution in [3.8, 4) is 0 Å². The maximum absolute atomic E-state index is 13.1. The third kappa shape index (κ3) is 2.01. The van der Waals surface area contributed by atoms with Gasteiger partial charge in [-0.05, 0) is 43.3 Å². The minimum absolute atomic E-state index is 0.0749. The average Bonchev–Trinajstić information content (AvgIpc) is 2.43. The van der Waals surface area contributed by atoms with E-state index in [4.69, 9.17) is 0 Å². The van der Waals surface area contributed by atoms with Gasteiger partial charge >= 0.3 is 0 Å². The second kappa shape index (κ2) is 4.70. The van der Waals surface area contributed by atoms with E-state index >= 15 is 0 Å². The largest absolute Gasteiger partial charge is 0.297 e. The first-order valence-electron chi connectivity index (χ1n) is 7.76. The molecular formula is C18H25NO. The van der Waals surface area contributed by atoms with E-state index in [2.05, 4.69) is 49.9 Å². The minimum atomic E-state index is -0.0960. The highest BCUT2D eigenvalue weighted by molar-refractivity contribution is 5.92. The molecule has 0 amide bonds. The Hall–Kier alpha value is -1.15. The predicted octanol–water partition coefficient (Wildman–Crippen LogP) is 3.31. The molecule has 0 radical (unpaired) electrons. The van der Waals surface area contributed by atoms with Crippen molar-refractivity contribution in [2.24, 2.45) is 10.8 Å². The number of rotatable bonds is 2. The normalized spacial score (nSPS) is 33.5. The highest BCUT2D eigenvalue weighted by Crippen LogP contribution is 2.52. The van der Waals surface area contributed by atoms with Crippen LogP contribution in [0.5, 0.6) is 0 Å². The van der Waals surface area contributed by atoms with Crippen molar-refractivity contribution >= 4 is 5.78 Å². The monoisotopic (exact) mass is 271 g/mol. The van der Waals surface area contributed by atoms with E-state index in [9.17, 15) is 4.79 Å². The van der Waals surface area contributed by atoms with Crippen molar-refractivity contribution in [2.45, 2.75) is 46.1 Å². The molecule has 0 aliphatic carbocycles. The van der Waals surface area contributed by atoms with Crippen molar-refractivity contribution in [2.75, 3.05) is 13.1 Å². The summed E-state index contributed by atoms with van der Waals surface area (Å²) in [6.07, 6.45) is 2.96. The van der Waals surface area contributed by atoms with Gasteiger partial charge in [0.25, 0.3) is 0 Å². The molecule has 1 aromatic rings. The molecule has 0 aromatic heterocycles. The lowest BCUT2D eigenvalue weighted by Crippen LogP contribution is -2.65. The van der Waals surface area contributed by atoms with Crippen molar-refractivity contribution in [3.05, 3.63) is 35.9 Å². The summed E-state index contributed by atoms with van der Waals surface area (Å²) in [5, 5.41) is 0. The van der Waals surface area contributed by atoms with Gasteiger partial charge in [0.05, 0.1) is 6.04 Å². The van der Waals surface area contributed by atoms with E-state index < -0.39 is 0 Å². The Morgan fingerprint density at radius 2 is 1.75 bits per heavy atom. The smallest absolute Gasteiger partial charge is 0.157 e. The molecule has 1 atom stereocenters. The molecule has 1 aromatic carbocycles. The van der Waals surface area contributed by atoms with Gasteiger partial charge in [0.2, 0.25) is 0 Å². The second-order valence-electron chi connectivity index (χ2n) is 7.44. The molecule has 3 heterocycles. The van der Waals surface area contributed by atoms with Gasteiger partial charge in [-0.2, -0.15) is 0 Å². The summed E-state index contributed by atoms with van der Waals surface area (Å²) in [6.45, 7) is 8.89. The lowest BCUT2D eigenvalue weighted by Gasteiger charge is -2.57. The number of benzene rings is 1. The molecule has 20 heavy (non-hydrogen) atoms. The van der Waals surface area contributed by atoms with E-state index in [0.29, 0.717) is 5.78 Å². The Bertz CT molecular complexity index is 492. The molecule has 2 bridgehead atoms. The Morgan fingerprint density at radius 3 is 2.30 bits per heavy atom. The Kier molecular flexibility index (Phi) is 3.24. The van der Waals surface area contributed by atoms with Crippen molar-refractivity contribution < 1.29 is 4.79 Å². The molecule has 3 aliphatic heterocycles. The SMILES string of the molecule is CC(C)(C)C12CCN(CC1)C(Cc1ccccc1)C2=O. The lowest BCUT2D eigenvalue weighted by molar-refractivity contribution is -0.158. The summed E-state index contributed by atoms with van der Waals surface area (Å²) < 4.78 is 0. The quantitative estimate of drug-likeness (QED) is 0.822. The van der Waals surface area contributed by atoms with Gasteiger partial charge in [-0.1, -0.05) is 51.1 Å². The molecule has 0 saturated carbocycles. The van der Waals surface area contributed by atoms with Gasteiger partial charge in [-0.3, -0.25) is 9.69 Å². The average molecular weight is 271 g/mol. The summed E-state index contributed by atoms with van der Waals surface area (Å²) >= 11 is 0. The molecular weight excluding hydrogens is 246 g/mol. The fraction of sp³-hybridized carbons (Fsp3) is 0.611. The zero-order valence-corrected chi connectivity index (χ0v) is 12.9. The number of ketones is 1. The summed E-state index contributed by atoms with van der Waals surface area (Å²) in [4.78, 5) is 15.5. The van der Waals surface area contributed by atoms with Gasteiger partial charge in [-0.15, -0.1) is 0 Å². The van der Waals surface area contributed by atoms with Crippen LogP contribution in [0.1, 0.15) is 39.2 Å². The van der Waals surface area contributed by atoms with E-state index in [-0.39, 0.29) is 16.9 Å². The zero-order valence-electron chi connectivity index (χ0n) is 12.9. The lowest BCUT2D eigenvalue weighted by atomic mass is 9.55. The van der Waals surface area contributed by atoms with Crippen LogP contribution in [0.3, 0.4) is 0 Å².